The third-order valence-electron chi connectivity index (χ3n) is 6.58. The molecule has 0 aliphatic carbocycles. The standard InChI is InChI=1S/C28H37FN4O5/c1-18-14-33(26(34)16-31(3)4)19(2)17-38-24-13-22(30-27(35)20-7-9-21(29)10-8-20)11-12-23(24)28(36)32(5)15-25(18)37-6/h7-13,18-19,25H,14-17H2,1-6H3,(H,30,35)/t18-,19-,25-/m1/s1. The maximum atomic E-state index is 13.4. The molecule has 9 nitrogen and oxygen atoms in total. The molecule has 0 bridgehead atoms. The van der Waals surface area contributed by atoms with Crippen LogP contribution in [0.1, 0.15) is 34.6 Å². The van der Waals surface area contributed by atoms with Crippen molar-refractivity contribution < 1.29 is 28.2 Å². The number of carbonyl (C=O) groups excluding carboxylic acids is 3. The summed E-state index contributed by atoms with van der Waals surface area (Å²) in [6.45, 7) is 5.07. The van der Waals surface area contributed by atoms with Gasteiger partial charge in [-0.1, -0.05) is 6.92 Å². The van der Waals surface area contributed by atoms with Gasteiger partial charge in [0.15, 0.2) is 0 Å². The first-order valence-corrected chi connectivity index (χ1v) is 12.6. The van der Waals surface area contributed by atoms with Crippen molar-refractivity contribution in [2.24, 2.45) is 5.92 Å². The Labute approximate surface area is 223 Å². The number of carbonyl (C=O) groups is 3. The quantitative estimate of drug-likeness (QED) is 0.642. The van der Waals surface area contributed by atoms with Crippen molar-refractivity contribution in [1.29, 1.82) is 0 Å². The Kier molecular flexibility index (Phi) is 9.82. The normalized spacial score (nSPS) is 20.7. The van der Waals surface area contributed by atoms with Crippen LogP contribution in [-0.2, 0) is 9.53 Å². The van der Waals surface area contributed by atoms with E-state index in [4.69, 9.17) is 9.47 Å². The Hall–Kier alpha value is -3.50. The van der Waals surface area contributed by atoms with Gasteiger partial charge in [0, 0.05) is 50.5 Å². The van der Waals surface area contributed by atoms with Crippen LogP contribution in [0.4, 0.5) is 10.1 Å². The summed E-state index contributed by atoms with van der Waals surface area (Å²) in [5, 5.41) is 2.77. The second-order valence-electron chi connectivity index (χ2n) is 10.1. The van der Waals surface area contributed by atoms with Gasteiger partial charge in [-0.25, -0.2) is 4.39 Å². The fourth-order valence-corrected chi connectivity index (χ4v) is 4.36. The molecule has 3 atom stereocenters. The van der Waals surface area contributed by atoms with E-state index in [2.05, 4.69) is 5.32 Å². The van der Waals surface area contributed by atoms with Gasteiger partial charge >= 0.3 is 0 Å². The van der Waals surface area contributed by atoms with Crippen LogP contribution in [0.3, 0.4) is 0 Å². The molecule has 2 aromatic rings. The number of ether oxygens (including phenoxy) is 2. The molecule has 3 amide bonds. The number of fused-ring (bicyclic) bond motifs is 1. The molecule has 2 aromatic carbocycles. The minimum absolute atomic E-state index is 0.0326. The molecule has 0 radical (unpaired) electrons. The second-order valence-corrected chi connectivity index (χ2v) is 10.1. The van der Waals surface area contributed by atoms with E-state index >= 15 is 0 Å². The summed E-state index contributed by atoms with van der Waals surface area (Å²) in [7, 11) is 6.98. The van der Waals surface area contributed by atoms with Gasteiger partial charge in [0.1, 0.15) is 18.2 Å². The largest absolute Gasteiger partial charge is 0.491 e. The Morgan fingerprint density at radius 1 is 1.13 bits per heavy atom. The van der Waals surface area contributed by atoms with Gasteiger partial charge in [-0.3, -0.25) is 14.4 Å². The molecule has 38 heavy (non-hydrogen) atoms. The van der Waals surface area contributed by atoms with E-state index in [1.165, 1.54) is 24.3 Å². The smallest absolute Gasteiger partial charge is 0.257 e. The number of rotatable bonds is 5. The van der Waals surface area contributed by atoms with E-state index in [-0.39, 0.29) is 48.8 Å². The highest BCUT2D eigenvalue weighted by Gasteiger charge is 2.30. The molecule has 1 aliphatic heterocycles. The van der Waals surface area contributed by atoms with Gasteiger partial charge < -0.3 is 29.5 Å². The van der Waals surface area contributed by atoms with Crippen molar-refractivity contribution in [1.82, 2.24) is 14.7 Å². The van der Waals surface area contributed by atoms with Gasteiger partial charge in [0.2, 0.25) is 5.91 Å². The van der Waals surface area contributed by atoms with Crippen molar-refractivity contribution in [2.45, 2.75) is 26.0 Å². The first-order valence-electron chi connectivity index (χ1n) is 12.6. The first kappa shape index (κ1) is 29.1. The Morgan fingerprint density at radius 3 is 2.45 bits per heavy atom. The maximum Gasteiger partial charge on any atom is 0.257 e. The van der Waals surface area contributed by atoms with Crippen LogP contribution in [-0.4, -0.2) is 99.1 Å². The molecule has 1 aliphatic rings. The zero-order valence-corrected chi connectivity index (χ0v) is 22.9. The lowest BCUT2D eigenvalue weighted by Crippen LogP contribution is -2.50. The molecule has 1 heterocycles. The third kappa shape index (κ3) is 7.29. The Morgan fingerprint density at radius 2 is 1.82 bits per heavy atom. The fourth-order valence-electron chi connectivity index (χ4n) is 4.36. The molecule has 0 fully saturated rings. The molecule has 0 saturated heterocycles. The van der Waals surface area contributed by atoms with E-state index in [0.717, 1.165) is 0 Å². The summed E-state index contributed by atoms with van der Waals surface area (Å²) < 4.78 is 25.1. The highest BCUT2D eigenvalue weighted by atomic mass is 19.1. The summed E-state index contributed by atoms with van der Waals surface area (Å²) in [6.07, 6.45) is -0.288. The van der Waals surface area contributed by atoms with Crippen molar-refractivity contribution in [3.05, 3.63) is 59.4 Å². The lowest BCUT2D eigenvalue weighted by molar-refractivity contribution is -0.136. The summed E-state index contributed by atoms with van der Waals surface area (Å²) in [6, 6.07) is 9.72. The molecule has 0 spiro atoms. The zero-order valence-electron chi connectivity index (χ0n) is 22.9. The highest BCUT2D eigenvalue weighted by molar-refractivity contribution is 6.05. The average molecular weight is 529 g/mol. The molecule has 0 saturated carbocycles. The van der Waals surface area contributed by atoms with Gasteiger partial charge in [-0.2, -0.15) is 0 Å². The van der Waals surface area contributed by atoms with Crippen LogP contribution in [0.25, 0.3) is 0 Å². The summed E-state index contributed by atoms with van der Waals surface area (Å²) in [4.78, 5) is 44.3. The molecule has 3 rings (SSSR count). The Bertz CT molecular complexity index is 1140. The maximum absolute atomic E-state index is 13.4. The van der Waals surface area contributed by atoms with E-state index in [1.807, 2.05) is 32.8 Å². The topological polar surface area (TPSA) is 91.4 Å². The SMILES string of the molecule is CO[C@@H]1CN(C)C(=O)c2ccc(NC(=O)c3ccc(F)cc3)cc2OC[C@@H](C)N(C(=O)CN(C)C)C[C@H]1C. The van der Waals surface area contributed by atoms with Gasteiger partial charge in [0.25, 0.3) is 11.8 Å². The van der Waals surface area contributed by atoms with Gasteiger partial charge in [0.05, 0.1) is 24.3 Å². The predicted octanol–water partition coefficient (Wildman–Crippen LogP) is 2.97. The number of nitrogens with one attached hydrogen (secondary N) is 1. The van der Waals surface area contributed by atoms with E-state index in [9.17, 15) is 18.8 Å². The van der Waals surface area contributed by atoms with Crippen LogP contribution >= 0.6 is 0 Å². The summed E-state index contributed by atoms with van der Waals surface area (Å²) >= 11 is 0. The van der Waals surface area contributed by atoms with Crippen molar-refractivity contribution >= 4 is 23.4 Å². The molecule has 1 N–H and O–H groups in total. The number of nitrogens with zero attached hydrogens (tertiary/aromatic N) is 3. The average Bonchev–Trinajstić information content (AvgIpc) is 2.87. The minimum Gasteiger partial charge on any atom is -0.491 e. The van der Waals surface area contributed by atoms with Crippen LogP contribution in [0.2, 0.25) is 0 Å². The summed E-state index contributed by atoms with van der Waals surface area (Å²) in [5.41, 5.74) is 1.03. The molecular weight excluding hydrogens is 491 g/mol. The van der Waals surface area contributed by atoms with E-state index < -0.39 is 11.7 Å². The fraction of sp³-hybridized carbons (Fsp3) is 0.464. The number of benzene rings is 2. The van der Waals surface area contributed by atoms with Crippen LogP contribution < -0.4 is 10.1 Å². The van der Waals surface area contributed by atoms with Crippen LogP contribution in [0.15, 0.2) is 42.5 Å². The van der Waals surface area contributed by atoms with Crippen LogP contribution in [0.5, 0.6) is 5.75 Å². The van der Waals surface area contributed by atoms with Crippen molar-refractivity contribution in [3.8, 4) is 5.75 Å². The first-order chi connectivity index (χ1) is 18.0. The Balaban J connectivity index is 1.93. The van der Waals surface area contributed by atoms with Gasteiger partial charge in [-0.15, -0.1) is 0 Å². The molecule has 206 valence electrons. The number of hydrogen-bond donors (Lipinski definition) is 1. The highest BCUT2D eigenvalue weighted by Crippen LogP contribution is 2.27. The number of anilines is 1. The predicted molar refractivity (Wildman–Crippen MR) is 143 cm³/mol. The minimum atomic E-state index is -0.435. The number of likely N-dealkylation sites (N-methyl/N-ethyl adjacent to an activating group) is 2. The molecular formula is C28H37FN4O5. The van der Waals surface area contributed by atoms with Crippen molar-refractivity contribution in [3.63, 3.8) is 0 Å². The molecule has 10 heteroatoms. The van der Waals surface area contributed by atoms with E-state index in [1.54, 1.807) is 42.2 Å². The van der Waals surface area contributed by atoms with Crippen molar-refractivity contribution in [2.75, 3.05) is 59.8 Å². The zero-order chi connectivity index (χ0) is 28.0. The van der Waals surface area contributed by atoms with Crippen LogP contribution in [0, 0.1) is 11.7 Å². The lowest BCUT2D eigenvalue weighted by atomic mass is 10.0. The number of halogens is 1. The summed E-state index contributed by atoms with van der Waals surface area (Å²) in [5.74, 6) is -0.892. The van der Waals surface area contributed by atoms with E-state index in [0.29, 0.717) is 29.9 Å². The number of hydrogen-bond acceptors (Lipinski definition) is 6. The lowest BCUT2D eigenvalue weighted by Gasteiger charge is -2.36. The molecule has 0 aromatic heterocycles. The third-order valence-corrected chi connectivity index (χ3v) is 6.58. The monoisotopic (exact) mass is 528 g/mol. The second kappa shape index (κ2) is 12.8. The number of methoxy groups -OCH3 is 1. The van der Waals surface area contributed by atoms with Gasteiger partial charge in [-0.05, 0) is 57.4 Å². The molecule has 0 unspecified atom stereocenters. The number of amides is 3.